The molecule has 3 aromatic carbocycles. The Bertz CT molecular complexity index is 1350. The van der Waals surface area contributed by atoms with E-state index in [4.69, 9.17) is 0 Å². The van der Waals surface area contributed by atoms with Crippen LogP contribution in [0.25, 0.3) is 0 Å². The first kappa shape index (κ1) is 26.4. The standard InChI is InChI=1S/C25H29N3O5S2/c1-4-27(5-2)34(30,31)23-17-13-21(14-18-23)26-25(29)19-28(22-9-7-6-8-10-22)35(32,33)24-15-11-20(3)12-16-24/h6-18H,4-5,19H2,1-3H3,(H,26,29). The molecule has 3 aromatic rings. The molecule has 0 aliphatic heterocycles. The van der Waals surface area contributed by atoms with Gasteiger partial charge in [0.2, 0.25) is 15.9 Å². The Hall–Kier alpha value is -3.21. The molecule has 0 aliphatic rings. The third kappa shape index (κ3) is 6.08. The summed E-state index contributed by atoms with van der Waals surface area (Å²) >= 11 is 0. The average Bonchev–Trinajstić information content (AvgIpc) is 2.84. The normalized spacial score (nSPS) is 11.9. The highest BCUT2D eigenvalue weighted by molar-refractivity contribution is 7.92. The minimum Gasteiger partial charge on any atom is -0.325 e. The lowest BCUT2D eigenvalue weighted by atomic mass is 10.2. The van der Waals surface area contributed by atoms with Crippen LogP contribution in [0.2, 0.25) is 0 Å². The Morgan fingerprint density at radius 1 is 0.743 bits per heavy atom. The monoisotopic (exact) mass is 515 g/mol. The quantitative estimate of drug-likeness (QED) is 0.442. The van der Waals surface area contributed by atoms with Gasteiger partial charge in [-0.15, -0.1) is 0 Å². The third-order valence-corrected chi connectivity index (χ3v) is 9.27. The van der Waals surface area contributed by atoms with Crippen molar-refractivity contribution < 1.29 is 21.6 Å². The van der Waals surface area contributed by atoms with Crippen LogP contribution in [0.5, 0.6) is 0 Å². The van der Waals surface area contributed by atoms with Gasteiger partial charge in [-0.2, -0.15) is 4.31 Å². The van der Waals surface area contributed by atoms with Gasteiger partial charge < -0.3 is 5.32 Å². The van der Waals surface area contributed by atoms with Crippen LogP contribution in [-0.2, 0) is 24.8 Å². The molecule has 1 amide bonds. The number of benzene rings is 3. The molecule has 0 aromatic heterocycles. The fraction of sp³-hybridized carbons (Fsp3) is 0.240. The average molecular weight is 516 g/mol. The molecular weight excluding hydrogens is 486 g/mol. The van der Waals surface area contributed by atoms with Crippen LogP contribution in [-0.4, -0.2) is 46.7 Å². The van der Waals surface area contributed by atoms with E-state index in [1.807, 2.05) is 6.92 Å². The summed E-state index contributed by atoms with van der Waals surface area (Å²) in [5.74, 6) is -0.566. The summed E-state index contributed by atoms with van der Waals surface area (Å²) in [5, 5.41) is 2.66. The maximum atomic E-state index is 13.4. The summed E-state index contributed by atoms with van der Waals surface area (Å²) in [6.07, 6.45) is 0. The van der Waals surface area contributed by atoms with E-state index in [-0.39, 0.29) is 9.79 Å². The predicted molar refractivity (Wildman–Crippen MR) is 137 cm³/mol. The summed E-state index contributed by atoms with van der Waals surface area (Å²) in [6.45, 7) is 5.62. The van der Waals surface area contributed by atoms with Crippen molar-refractivity contribution in [2.75, 3.05) is 29.3 Å². The van der Waals surface area contributed by atoms with E-state index in [1.54, 1.807) is 56.3 Å². The Labute approximate surface area is 207 Å². The highest BCUT2D eigenvalue weighted by Crippen LogP contribution is 2.24. The first-order valence-corrected chi connectivity index (χ1v) is 14.0. The fourth-order valence-corrected chi connectivity index (χ4v) is 6.38. The van der Waals surface area contributed by atoms with Crippen molar-refractivity contribution in [3.05, 3.63) is 84.4 Å². The number of nitrogens with zero attached hydrogens (tertiary/aromatic N) is 2. The van der Waals surface area contributed by atoms with Gasteiger partial charge in [0.15, 0.2) is 0 Å². The second kappa shape index (κ2) is 11.0. The second-order valence-electron chi connectivity index (χ2n) is 7.82. The van der Waals surface area contributed by atoms with Crippen LogP contribution in [0.3, 0.4) is 0 Å². The number of amides is 1. The molecule has 35 heavy (non-hydrogen) atoms. The number of carbonyl (C=O) groups excluding carboxylic acids is 1. The van der Waals surface area contributed by atoms with Crippen molar-refractivity contribution in [1.82, 2.24) is 4.31 Å². The lowest BCUT2D eigenvalue weighted by molar-refractivity contribution is -0.114. The first-order chi connectivity index (χ1) is 16.6. The number of anilines is 2. The van der Waals surface area contributed by atoms with Crippen molar-refractivity contribution in [2.45, 2.75) is 30.6 Å². The maximum Gasteiger partial charge on any atom is 0.264 e. The van der Waals surface area contributed by atoms with Gasteiger partial charge in [0, 0.05) is 18.8 Å². The Balaban J connectivity index is 1.83. The van der Waals surface area contributed by atoms with Gasteiger partial charge in [-0.05, 0) is 55.5 Å². The minimum absolute atomic E-state index is 0.0747. The Morgan fingerprint density at radius 3 is 1.80 bits per heavy atom. The molecule has 1 N–H and O–H groups in total. The highest BCUT2D eigenvalue weighted by atomic mass is 32.2. The summed E-state index contributed by atoms with van der Waals surface area (Å²) < 4.78 is 54.5. The summed E-state index contributed by atoms with van der Waals surface area (Å²) in [5.41, 5.74) is 1.62. The highest BCUT2D eigenvalue weighted by Gasteiger charge is 2.27. The molecule has 0 radical (unpaired) electrons. The largest absolute Gasteiger partial charge is 0.325 e. The third-order valence-electron chi connectivity index (χ3n) is 5.42. The number of hydrogen-bond acceptors (Lipinski definition) is 5. The summed E-state index contributed by atoms with van der Waals surface area (Å²) in [4.78, 5) is 13.1. The summed E-state index contributed by atoms with van der Waals surface area (Å²) in [7, 11) is -7.63. The molecule has 0 saturated carbocycles. The van der Waals surface area contributed by atoms with Gasteiger partial charge in [0.25, 0.3) is 10.0 Å². The lowest BCUT2D eigenvalue weighted by Gasteiger charge is -2.24. The lowest BCUT2D eigenvalue weighted by Crippen LogP contribution is -2.38. The van der Waals surface area contributed by atoms with E-state index in [2.05, 4.69) is 5.32 Å². The molecule has 0 unspecified atom stereocenters. The van der Waals surface area contributed by atoms with E-state index < -0.39 is 32.5 Å². The molecule has 0 saturated heterocycles. The van der Waals surface area contributed by atoms with Crippen molar-refractivity contribution in [3.63, 3.8) is 0 Å². The zero-order valence-corrected chi connectivity index (χ0v) is 21.5. The van der Waals surface area contributed by atoms with Crippen LogP contribution >= 0.6 is 0 Å². The van der Waals surface area contributed by atoms with E-state index >= 15 is 0 Å². The molecule has 186 valence electrons. The number of nitrogens with one attached hydrogen (secondary N) is 1. The van der Waals surface area contributed by atoms with E-state index in [1.165, 1.54) is 40.7 Å². The zero-order valence-electron chi connectivity index (χ0n) is 19.9. The molecule has 0 fully saturated rings. The maximum absolute atomic E-state index is 13.4. The molecule has 0 spiro atoms. The van der Waals surface area contributed by atoms with Gasteiger partial charge in [0.1, 0.15) is 6.54 Å². The van der Waals surface area contributed by atoms with Gasteiger partial charge in [-0.3, -0.25) is 9.10 Å². The minimum atomic E-state index is -4.01. The zero-order chi connectivity index (χ0) is 25.6. The van der Waals surface area contributed by atoms with Gasteiger partial charge >= 0.3 is 0 Å². The SMILES string of the molecule is CCN(CC)S(=O)(=O)c1ccc(NC(=O)CN(c2ccccc2)S(=O)(=O)c2ccc(C)cc2)cc1. The number of rotatable bonds is 10. The molecular formula is C25H29N3O5S2. The molecule has 0 bridgehead atoms. The van der Waals surface area contributed by atoms with Crippen molar-refractivity contribution in [2.24, 2.45) is 0 Å². The topological polar surface area (TPSA) is 104 Å². The number of aryl methyl sites for hydroxylation is 1. The van der Waals surface area contributed by atoms with E-state index in [9.17, 15) is 21.6 Å². The molecule has 10 heteroatoms. The summed E-state index contributed by atoms with van der Waals surface area (Å²) in [6, 6.07) is 20.6. The Morgan fingerprint density at radius 2 is 1.26 bits per heavy atom. The molecule has 0 atom stereocenters. The smallest absolute Gasteiger partial charge is 0.264 e. The van der Waals surface area contributed by atoms with Crippen molar-refractivity contribution in [1.29, 1.82) is 0 Å². The van der Waals surface area contributed by atoms with Crippen LogP contribution in [0.15, 0.2) is 88.7 Å². The predicted octanol–water partition coefficient (Wildman–Crippen LogP) is 3.86. The van der Waals surface area contributed by atoms with E-state index in [0.29, 0.717) is 24.5 Å². The van der Waals surface area contributed by atoms with Crippen molar-refractivity contribution >= 4 is 37.3 Å². The van der Waals surface area contributed by atoms with Crippen LogP contribution in [0.4, 0.5) is 11.4 Å². The fourth-order valence-electron chi connectivity index (χ4n) is 3.50. The van der Waals surface area contributed by atoms with Gasteiger partial charge in [-0.1, -0.05) is 49.7 Å². The van der Waals surface area contributed by atoms with Gasteiger partial charge in [-0.25, -0.2) is 16.8 Å². The number of sulfonamides is 2. The Kier molecular flexibility index (Phi) is 8.31. The molecule has 0 heterocycles. The number of carbonyl (C=O) groups is 1. The molecule has 3 rings (SSSR count). The molecule has 8 nitrogen and oxygen atoms in total. The number of para-hydroxylation sites is 1. The number of hydrogen-bond donors (Lipinski definition) is 1. The van der Waals surface area contributed by atoms with E-state index in [0.717, 1.165) is 9.87 Å². The second-order valence-corrected chi connectivity index (χ2v) is 11.6. The first-order valence-electron chi connectivity index (χ1n) is 11.1. The van der Waals surface area contributed by atoms with Crippen LogP contribution in [0, 0.1) is 6.92 Å². The van der Waals surface area contributed by atoms with Crippen LogP contribution < -0.4 is 9.62 Å². The molecule has 0 aliphatic carbocycles. The van der Waals surface area contributed by atoms with Gasteiger partial charge in [0.05, 0.1) is 15.5 Å². The van der Waals surface area contributed by atoms with Crippen molar-refractivity contribution in [3.8, 4) is 0 Å². The van der Waals surface area contributed by atoms with Crippen LogP contribution in [0.1, 0.15) is 19.4 Å².